The molecule has 2 N–H and O–H groups in total. The highest BCUT2D eigenvalue weighted by Gasteiger charge is 2.18. The zero-order chi connectivity index (χ0) is 17.5. The molecular weight excluding hydrogens is 312 g/mol. The number of nitrogens with one attached hydrogen (secondary N) is 1. The van der Waals surface area contributed by atoms with Crippen LogP contribution in [0, 0.1) is 0 Å². The number of carbonyl (C=O) groups is 1. The van der Waals surface area contributed by atoms with Crippen LogP contribution in [-0.4, -0.2) is 43.9 Å². The Labute approximate surface area is 140 Å². The van der Waals surface area contributed by atoms with E-state index in [4.69, 9.17) is 14.2 Å². The molecule has 128 valence electrons. The second-order valence-electron chi connectivity index (χ2n) is 4.89. The van der Waals surface area contributed by atoms with Gasteiger partial charge >= 0.3 is 0 Å². The number of amides is 1. The van der Waals surface area contributed by atoms with Crippen LogP contribution < -0.4 is 19.5 Å². The molecular formula is C17H20N2O5. The van der Waals surface area contributed by atoms with E-state index in [9.17, 15) is 9.90 Å². The summed E-state index contributed by atoms with van der Waals surface area (Å²) in [7, 11) is 4.49. The molecule has 2 rings (SSSR count). The highest BCUT2D eigenvalue weighted by Crippen LogP contribution is 2.29. The molecule has 0 saturated carbocycles. The van der Waals surface area contributed by atoms with E-state index in [1.54, 1.807) is 30.3 Å². The van der Waals surface area contributed by atoms with Crippen molar-refractivity contribution in [3.8, 4) is 17.4 Å². The molecule has 0 radical (unpaired) electrons. The molecule has 0 aliphatic rings. The Hall–Kier alpha value is -2.80. The lowest BCUT2D eigenvalue weighted by Gasteiger charge is -2.17. The van der Waals surface area contributed by atoms with Gasteiger partial charge in [0.05, 0.1) is 21.3 Å². The lowest BCUT2D eigenvalue weighted by Crippen LogP contribution is -2.29. The molecule has 0 bridgehead atoms. The summed E-state index contributed by atoms with van der Waals surface area (Å²) < 4.78 is 15.4. The summed E-state index contributed by atoms with van der Waals surface area (Å²) in [5, 5.41) is 13.0. The van der Waals surface area contributed by atoms with Crippen molar-refractivity contribution in [2.24, 2.45) is 0 Å². The fraction of sp³-hybridized carbons (Fsp3) is 0.294. The summed E-state index contributed by atoms with van der Waals surface area (Å²) in [5.41, 5.74) is 0.820. The predicted molar refractivity (Wildman–Crippen MR) is 87.6 cm³/mol. The summed E-state index contributed by atoms with van der Waals surface area (Å²) in [6.45, 7) is 0.000406. The third-order valence-electron chi connectivity index (χ3n) is 3.46. The molecule has 1 amide bonds. The van der Waals surface area contributed by atoms with Gasteiger partial charge in [-0.2, -0.15) is 0 Å². The normalized spacial score (nSPS) is 11.5. The third-order valence-corrected chi connectivity index (χ3v) is 3.46. The minimum atomic E-state index is -0.957. The number of rotatable bonds is 7. The lowest BCUT2D eigenvalue weighted by molar-refractivity contribution is 0.0911. The van der Waals surface area contributed by atoms with Gasteiger partial charge in [0.25, 0.3) is 5.91 Å². The first-order valence-corrected chi connectivity index (χ1v) is 7.28. The van der Waals surface area contributed by atoms with Gasteiger partial charge in [0.15, 0.2) is 0 Å². The average molecular weight is 332 g/mol. The summed E-state index contributed by atoms with van der Waals surface area (Å²) >= 11 is 0. The number of hydrogen-bond donors (Lipinski definition) is 2. The number of ether oxygens (including phenoxy) is 3. The second kappa shape index (κ2) is 8.16. The number of nitrogens with zero attached hydrogens (tertiary/aromatic N) is 1. The molecule has 1 heterocycles. The van der Waals surface area contributed by atoms with Crippen LogP contribution in [0.25, 0.3) is 0 Å². The third kappa shape index (κ3) is 3.94. The fourth-order valence-electron chi connectivity index (χ4n) is 2.22. The van der Waals surface area contributed by atoms with Crippen LogP contribution in [0.1, 0.15) is 22.0 Å². The van der Waals surface area contributed by atoms with Crippen molar-refractivity contribution >= 4 is 5.91 Å². The molecule has 2 aromatic rings. The Morgan fingerprint density at radius 3 is 2.67 bits per heavy atom. The minimum absolute atomic E-state index is 0.000406. The van der Waals surface area contributed by atoms with Gasteiger partial charge in [0.1, 0.15) is 23.2 Å². The van der Waals surface area contributed by atoms with Gasteiger partial charge in [-0.25, -0.2) is 4.98 Å². The second-order valence-corrected chi connectivity index (χ2v) is 4.89. The molecule has 1 aromatic carbocycles. The van der Waals surface area contributed by atoms with E-state index >= 15 is 0 Å². The number of pyridine rings is 1. The molecule has 1 atom stereocenters. The monoisotopic (exact) mass is 332 g/mol. The Morgan fingerprint density at radius 1 is 1.21 bits per heavy atom. The molecule has 1 unspecified atom stereocenters. The van der Waals surface area contributed by atoms with Crippen LogP contribution in [0.4, 0.5) is 0 Å². The largest absolute Gasteiger partial charge is 0.497 e. The molecule has 7 nitrogen and oxygen atoms in total. The number of methoxy groups -OCH3 is 3. The average Bonchev–Trinajstić information content (AvgIpc) is 2.65. The quantitative estimate of drug-likeness (QED) is 0.800. The standard InChI is InChI=1S/C17H20N2O5/c1-22-11-6-7-15(23-2)13(9-11)14(20)10-19-16(21)12-5-4-8-18-17(12)24-3/h4-9,14,20H,10H2,1-3H3,(H,19,21). The number of aliphatic hydroxyl groups excluding tert-OH is 1. The van der Waals surface area contributed by atoms with Crippen molar-refractivity contribution in [3.05, 3.63) is 47.7 Å². The molecule has 24 heavy (non-hydrogen) atoms. The Bertz CT molecular complexity index is 705. The lowest BCUT2D eigenvalue weighted by atomic mass is 10.1. The first kappa shape index (κ1) is 17.6. The summed E-state index contributed by atoms with van der Waals surface area (Å²) in [6.07, 6.45) is 0.577. The summed E-state index contributed by atoms with van der Waals surface area (Å²) in [4.78, 5) is 16.2. The maximum atomic E-state index is 12.2. The first-order valence-electron chi connectivity index (χ1n) is 7.28. The van der Waals surface area contributed by atoms with E-state index in [0.29, 0.717) is 22.6 Å². The zero-order valence-corrected chi connectivity index (χ0v) is 13.8. The first-order chi connectivity index (χ1) is 11.6. The van der Waals surface area contributed by atoms with Crippen LogP contribution in [0.15, 0.2) is 36.5 Å². The van der Waals surface area contributed by atoms with Crippen LogP contribution in [0.5, 0.6) is 17.4 Å². The van der Waals surface area contributed by atoms with Crippen LogP contribution in [-0.2, 0) is 0 Å². The topological polar surface area (TPSA) is 89.9 Å². The van der Waals surface area contributed by atoms with E-state index in [1.807, 2.05) is 0 Å². The van der Waals surface area contributed by atoms with Crippen LogP contribution in [0.2, 0.25) is 0 Å². The van der Waals surface area contributed by atoms with Crippen molar-refractivity contribution < 1.29 is 24.1 Å². The van der Waals surface area contributed by atoms with Crippen molar-refractivity contribution in [2.75, 3.05) is 27.9 Å². The molecule has 1 aromatic heterocycles. The minimum Gasteiger partial charge on any atom is -0.497 e. The van der Waals surface area contributed by atoms with Crippen molar-refractivity contribution in [1.29, 1.82) is 0 Å². The van der Waals surface area contributed by atoms with E-state index in [2.05, 4.69) is 10.3 Å². The molecule has 7 heteroatoms. The van der Waals surface area contributed by atoms with Crippen LogP contribution in [0.3, 0.4) is 0 Å². The number of aromatic nitrogens is 1. The highest BCUT2D eigenvalue weighted by atomic mass is 16.5. The fourth-order valence-corrected chi connectivity index (χ4v) is 2.22. The summed E-state index contributed by atoms with van der Waals surface area (Å²) in [6, 6.07) is 8.33. The maximum Gasteiger partial charge on any atom is 0.256 e. The number of aliphatic hydroxyl groups is 1. The van der Waals surface area contributed by atoms with Crippen molar-refractivity contribution in [1.82, 2.24) is 10.3 Å². The number of carbonyl (C=O) groups excluding carboxylic acids is 1. The van der Waals surface area contributed by atoms with Gasteiger partial charge in [0.2, 0.25) is 5.88 Å². The highest BCUT2D eigenvalue weighted by molar-refractivity contribution is 5.96. The Balaban J connectivity index is 2.10. The van der Waals surface area contributed by atoms with Gasteiger partial charge in [0, 0.05) is 18.3 Å². The molecule has 0 saturated heterocycles. The SMILES string of the molecule is COc1ccc(OC)c(C(O)CNC(=O)c2cccnc2OC)c1. The predicted octanol–water partition coefficient (Wildman–Crippen LogP) is 1.57. The van der Waals surface area contributed by atoms with Crippen molar-refractivity contribution in [3.63, 3.8) is 0 Å². The zero-order valence-electron chi connectivity index (χ0n) is 13.8. The molecule has 0 aliphatic heterocycles. The van der Waals surface area contributed by atoms with Gasteiger partial charge in [-0.3, -0.25) is 4.79 Å². The van der Waals surface area contributed by atoms with E-state index in [1.165, 1.54) is 27.5 Å². The molecule has 0 aliphatic carbocycles. The Morgan fingerprint density at radius 2 is 2.00 bits per heavy atom. The maximum absolute atomic E-state index is 12.2. The van der Waals surface area contributed by atoms with Crippen molar-refractivity contribution in [2.45, 2.75) is 6.10 Å². The van der Waals surface area contributed by atoms with E-state index in [-0.39, 0.29) is 18.3 Å². The van der Waals surface area contributed by atoms with Gasteiger partial charge in [-0.1, -0.05) is 0 Å². The number of hydrogen-bond acceptors (Lipinski definition) is 6. The van der Waals surface area contributed by atoms with E-state index in [0.717, 1.165) is 0 Å². The number of benzene rings is 1. The smallest absolute Gasteiger partial charge is 0.256 e. The van der Waals surface area contributed by atoms with Gasteiger partial charge in [-0.05, 0) is 30.3 Å². The van der Waals surface area contributed by atoms with Crippen LogP contribution >= 0.6 is 0 Å². The van der Waals surface area contributed by atoms with Gasteiger partial charge in [-0.15, -0.1) is 0 Å². The van der Waals surface area contributed by atoms with Gasteiger partial charge < -0.3 is 24.6 Å². The Kier molecular flexibility index (Phi) is 5.97. The molecule has 0 spiro atoms. The molecule has 0 fully saturated rings. The van der Waals surface area contributed by atoms with E-state index < -0.39 is 6.10 Å². The summed E-state index contributed by atoms with van der Waals surface area (Å²) in [5.74, 6) is 0.936.